The number of fused-ring (bicyclic) bond motifs is 1. The Bertz CT molecular complexity index is 2730. The molecule has 0 fully saturated rings. The number of imide groups is 1. The van der Waals surface area contributed by atoms with Crippen molar-refractivity contribution < 1.29 is 49.1 Å². The lowest BCUT2D eigenvalue weighted by atomic mass is 10.0. The Hall–Kier alpha value is -5.90. The first-order valence-corrected chi connectivity index (χ1v) is 23.3. The Morgan fingerprint density at radius 2 is 0.954 bits per heavy atom. The van der Waals surface area contributed by atoms with E-state index in [0.717, 1.165) is 46.9 Å². The topological polar surface area (TPSA) is 210 Å². The van der Waals surface area contributed by atoms with E-state index in [1.54, 1.807) is 85.8 Å². The highest BCUT2D eigenvalue weighted by Gasteiger charge is 2.40. The van der Waals surface area contributed by atoms with E-state index in [4.69, 9.17) is 10.8 Å². The van der Waals surface area contributed by atoms with Gasteiger partial charge in [-0.1, -0.05) is 84.9 Å². The smallest absolute Gasteiger partial charge is 0.261 e. The van der Waals surface area contributed by atoms with Crippen LogP contribution in [0.4, 0.5) is 17.6 Å². The lowest BCUT2D eigenvalue weighted by Crippen LogP contribution is -2.40. The van der Waals surface area contributed by atoms with Crippen molar-refractivity contribution in [1.29, 1.82) is 0 Å². The van der Waals surface area contributed by atoms with Crippen molar-refractivity contribution in [3.63, 3.8) is 0 Å². The van der Waals surface area contributed by atoms with E-state index < -0.39 is 73.0 Å². The number of sulfonamides is 2. The van der Waals surface area contributed by atoms with E-state index in [9.17, 15) is 44.0 Å². The third-order valence-electron chi connectivity index (χ3n) is 10.4. The van der Waals surface area contributed by atoms with E-state index in [2.05, 4.69) is 11.7 Å². The van der Waals surface area contributed by atoms with Crippen molar-refractivity contribution in [2.45, 2.75) is 19.0 Å². The number of nitrogens with zero attached hydrogens (tertiary/aromatic N) is 3. The molecule has 0 aromatic heterocycles. The summed E-state index contributed by atoms with van der Waals surface area (Å²) in [6, 6.07) is 29.0. The van der Waals surface area contributed by atoms with Crippen molar-refractivity contribution in [2.24, 2.45) is 17.4 Å². The molecule has 3 aliphatic heterocycles. The normalized spacial score (nSPS) is 17.2. The number of rotatable bonds is 11. The van der Waals surface area contributed by atoms with Crippen molar-refractivity contribution >= 4 is 43.0 Å². The Morgan fingerprint density at radius 3 is 1.34 bits per heavy atom. The Morgan fingerprint density at radius 1 is 0.585 bits per heavy atom. The molecule has 7 N–H and O–H groups in total. The lowest BCUT2D eigenvalue weighted by molar-refractivity contribution is 0.0663. The van der Waals surface area contributed by atoms with Crippen LogP contribution in [-0.2, 0) is 20.0 Å². The first-order chi connectivity index (χ1) is 31.1. The van der Waals surface area contributed by atoms with Crippen LogP contribution >= 0.6 is 0 Å². The number of amides is 2. The molecular weight excluding hydrogens is 889 g/mol. The molecule has 0 aliphatic carbocycles. The molecule has 0 spiro atoms. The molecule has 0 radical (unpaired) electrons. The maximum absolute atomic E-state index is 14.5. The van der Waals surface area contributed by atoms with Gasteiger partial charge < -0.3 is 10.8 Å². The fourth-order valence-corrected chi connectivity index (χ4v) is 10.3. The van der Waals surface area contributed by atoms with Gasteiger partial charge in [-0.2, -0.15) is 8.61 Å². The number of halogens is 4. The van der Waals surface area contributed by atoms with Gasteiger partial charge in [0.15, 0.2) is 0 Å². The number of benzene rings is 5. The molecule has 3 aliphatic rings. The largest absolute Gasteiger partial charge is 0.397 e. The van der Waals surface area contributed by atoms with Crippen LogP contribution in [-0.4, -0.2) is 91.6 Å². The highest BCUT2D eigenvalue weighted by molar-refractivity contribution is 7.89. The quantitative estimate of drug-likeness (QED) is 0.0562. The SMILES string of the molecule is CCO.NCCS(=O)(=O)N1CC(c2cc(F)ccc2F)=CC1c1ccccc1.NN.O=C1c2ccccc2C(=O)N1CCS(=O)(=O)N1CC(c2cc(F)ccc2F)=CC1c1ccccc1. The highest BCUT2D eigenvalue weighted by Crippen LogP contribution is 2.39. The zero-order valence-electron chi connectivity index (χ0n) is 35.1. The first-order valence-electron chi connectivity index (χ1n) is 20.1. The number of aliphatic hydroxyl groups is 1. The maximum atomic E-state index is 14.5. The average Bonchev–Trinajstić information content (AvgIpc) is 4.03. The second kappa shape index (κ2) is 22.3. The molecule has 8 rings (SSSR count). The number of nitrogens with two attached hydrogens (primary N) is 3. The lowest BCUT2D eigenvalue weighted by Gasteiger charge is -2.25. The second-order valence-corrected chi connectivity index (χ2v) is 18.6. The summed E-state index contributed by atoms with van der Waals surface area (Å²) in [7, 11) is -7.66. The van der Waals surface area contributed by atoms with Gasteiger partial charge >= 0.3 is 0 Å². The molecule has 0 bridgehead atoms. The summed E-state index contributed by atoms with van der Waals surface area (Å²) >= 11 is 0. The third kappa shape index (κ3) is 11.7. The van der Waals surface area contributed by atoms with Gasteiger partial charge in [0.2, 0.25) is 20.0 Å². The van der Waals surface area contributed by atoms with Crippen molar-refractivity contribution in [3.8, 4) is 0 Å². The van der Waals surface area contributed by atoms with Crippen LogP contribution < -0.4 is 17.4 Å². The van der Waals surface area contributed by atoms with Crippen LogP contribution in [0.3, 0.4) is 0 Å². The molecule has 2 unspecified atom stereocenters. The van der Waals surface area contributed by atoms with Crippen LogP contribution in [0.5, 0.6) is 0 Å². The fourth-order valence-electron chi connectivity index (χ4n) is 7.42. The second-order valence-electron chi connectivity index (χ2n) is 14.5. The molecule has 2 atom stereocenters. The summed E-state index contributed by atoms with van der Waals surface area (Å²) in [6.07, 6.45) is 3.27. The zero-order chi connectivity index (χ0) is 47.5. The van der Waals surface area contributed by atoms with Gasteiger partial charge in [-0.3, -0.25) is 26.2 Å². The fraction of sp³-hybridized carbons (Fsp3) is 0.217. The Kier molecular flexibility index (Phi) is 17.2. The monoisotopic (exact) mass is 936 g/mol. The number of hydrazine groups is 1. The van der Waals surface area contributed by atoms with Gasteiger partial charge in [0.1, 0.15) is 23.3 Å². The number of aliphatic hydroxyl groups excluding tert-OH is 1. The molecule has 19 heteroatoms. The molecule has 65 heavy (non-hydrogen) atoms. The van der Waals surface area contributed by atoms with Crippen LogP contribution in [0.1, 0.15) is 62.0 Å². The average molecular weight is 937 g/mol. The number of carbonyl (C=O) groups is 2. The predicted octanol–water partition coefficient (Wildman–Crippen LogP) is 5.54. The van der Waals surface area contributed by atoms with Gasteiger partial charge in [-0.15, -0.1) is 0 Å². The van der Waals surface area contributed by atoms with E-state index >= 15 is 0 Å². The molecule has 0 saturated carbocycles. The van der Waals surface area contributed by atoms with Gasteiger partial charge in [0, 0.05) is 43.9 Å². The Labute approximate surface area is 375 Å². The number of carbonyl (C=O) groups excluding carboxylic acids is 2. The minimum Gasteiger partial charge on any atom is -0.397 e. The number of hydrogen-bond donors (Lipinski definition) is 4. The van der Waals surface area contributed by atoms with Crippen LogP contribution in [0, 0.1) is 23.3 Å². The first kappa shape index (κ1) is 50.1. The Balaban J connectivity index is 0.000000233. The summed E-state index contributed by atoms with van der Waals surface area (Å²) < 4.78 is 111. The molecule has 2 amide bonds. The summed E-state index contributed by atoms with van der Waals surface area (Å²) in [5, 5.41) is 7.57. The summed E-state index contributed by atoms with van der Waals surface area (Å²) in [5.41, 5.74) is 8.15. The highest BCUT2D eigenvalue weighted by atomic mass is 32.2. The minimum atomic E-state index is -4.02. The predicted molar refractivity (Wildman–Crippen MR) is 240 cm³/mol. The molecule has 13 nitrogen and oxygen atoms in total. The van der Waals surface area contributed by atoms with E-state index in [-0.39, 0.29) is 60.8 Å². The summed E-state index contributed by atoms with van der Waals surface area (Å²) in [6.45, 7) is 1.40. The number of hydrogen-bond acceptors (Lipinski definition) is 10. The van der Waals surface area contributed by atoms with Crippen molar-refractivity contribution in [3.05, 3.63) is 190 Å². The molecule has 5 aromatic carbocycles. The van der Waals surface area contributed by atoms with Crippen LogP contribution in [0.15, 0.2) is 133 Å². The third-order valence-corrected chi connectivity index (χ3v) is 14.0. The standard InChI is InChI=1S/C26H20F2N2O4S.C18H18F2N2O2S.C2H6O.H4N2/c27-19-10-11-23(28)22(15-19)18-14-24(17-6-2-1-3-7-17)30(16-18)35(33,34)13-12-29-25(31)20-8-4-5-9-21(20)26(29)32;19-15-6-7-17(20)16(11-15)14-10-18(13-4-2-1-3-5-13)22(12-14)25(23,24)9-8-21;1-2-3;1-2/h1-11,14-15,24H,12-13,16H2;1-7,10-11,18H,8-9,12,21H2;3H,2H2,1H3;1-2H2. The van der Waals surface area contributed by atoms with Crippen LogP contribution in [0.2, 0.25) is 0 Å². The van der Waals surface area contributed by atoms with Crippen molar-refractivity contribution in [2.75, 3.05) is 44.3 Å². The molecule has 0 saturated heterocycles. The van der Waals surface area contributed by atoms with E-state index in [0.29, 0.717) is 16.7 Å². The molecule has 344 valence electrons. The van der Waals surface area contributed by atoms with Crippen LogP contribution in [0.25, 0.3) is 11.1 Å². The summed E-state index contributed by atoms with van der Waals surface area (Å²) in [5.74, 6) is 3.76. The molecule has 3 heterocycles. The minimum absolute atomic E-state index is 0.00992. The van der Waals surface area contributed by atoms with Gasteiger partial charge in [-0.25, -0.2) is 34.4 Å². The van der Waals surface area contributed by atoms with Gasteiger partial charge in [0.05, 0.1) is 34.7 Å². The summed E-state index contributed by atoms with van der Waals surface area (Å²) in [4.78, 5) is 26.2. The van der Waals surface area contributed by atoms with Gasteiger partial charge in [-0.05, 0) is 77.7 Å². The van der Waals surface area contributed by atoms with Gasteiger partial charge in [0.25, 0.3) is 11.8 Å². The van der Waals surface area contributed by atoms with E-state index in [1.165, 1.54) is 20.7 Å². The zero-order valence-corrected chi connectivity index (χ0v) is 36.7. The van der Waals surface area contributed by atoms with Crippen molar-refractivity contribution in [1.82, 2.24) is 13.5 Å². The van der Waals surface area contributed by atoms with E-state index in [1.807, 2.05) is 6.07 Å². The molecular formula is C46H48F4N6O7S2. The molecule has 5 aromatic rings. The maximum Gasteiger partial charge on any atom is 0.261 e.